The van der Waals surface area contributed by atoms with Gasteiger partial charge in [0.1, 0.15) is 18.3 Å². The molecule has 0 aliphatic carbocycles. The van der Waals surface area contributed by atoms with Crippen LogP contribution >= 0.6 is 11.8 Å². The van der Waals surface area contributed by atoms with Crippen molar-refractivity contribution in [3.05, 3.63) is 66.2 Å². The van der Waals surface area contributed by atoms with E-state index in [4.69, 9.17) is 23.7 Å². The van der Waals surface area contributed by atoms with E-state index in [0.29, 0.717) is 0 Å². The number of rotatable bonds is 7. The Labute approximate surface area is 180 Å². The van der Waals surface area contributed by atoms with Crippen molar-refractivity contribution >= 4 is 16.9 Å². The van der Waals surface area contributed by atoms with Gasteiger partial charge >= 0.3 is 0 Å². The summed E-state index contributed by atoms with van der Waals surface area (Å²) in [6.07, 6.45) is -3.01. The Balaban J connectivity index is 1.56. The molecule has 6 nitrogen and oxygen atoms in total. The van der Waals surface area contributed by atoms with Gasteiger partial charge in [-0.05, 0) is 43.3 Å². The lowest BCUT2D eigenvalue weighted by Crippen LogP contribution is -2.43. The highest BCUT2D eigenvalue weighted by Gasteiger charge is 2.58. The largest absolute Gasteiger partial charge is 0.362 e. The minimum absolute atomic E-state index is 0.147. The lowest BCUT2D eigenvalue weighted by molar-refractivity contribution is -0.238. The molecule has 7 heteroatoms. The van der Waals surface area contributed by atoms with Gasteiger partial charge in [0.2, 0.25) is 5.12 Å². The minimum Gasteiger partial charge on any atom is -0.362 e. The number of hydrogen-bond acceptors (Lipinski definition) is 7. The number of ether oxygens (including phenoxy) is 5. The Morgan fingerprint density at radius 2 is 1.67 bits per heavy atom. The Bertz CT molecular complexity index is 843. The van der Waals surface area contributed by atoms with Gasteiger partial charge in [-0.25, -0.2) is 0 Å². The van der Waals surface area contributed by atoms with Gasteiger partial charge in [0.25, 0.3) is 0 Å². The second kappa shape index (κ2) is 9.18. The fourth-order valence-corrected chi connectivity index (χ4v) is 4.59. The molecule has 5 atom stereocenters. The molecular weight excluding hydrogens is 404 g/mol. The van der Waals surface area contributed by atoms with Crippen LogP contribution in [0.2, 0.25) is 0 Å². The number of thioether (sulfide) groups is 1. The monoisotopic (exact) mass is 430 g/mol. The van der Waals surface area contributed by atoms with E-state index in [-0.39, 0.29) is 11.7 Å². The van der Waals surface area contributed by atoms with Crippen molar-refractivity contribution in [2.45, 2.75) is 61.8 Å². The Morgan fingerprint density at radius 1 is 1.03 bits per heavy atom. The third kappa shape index (κ3) is 4.77. The van der Waals surface area contributed by atoms with Gasteiger partial charge in [-0.2, -0.15) is 0 Å². The van der Waals surface area contributed by atoms with Crippen LogP contribution in [0.3, 0.4) is 0 Å². The fourth-order valence-electron chi connectivity index (χ4n) is 3.74. The smallest absolute Gasteiger partial charge is 0.225 e. The molecule has 0 amide bonds. The summed E-state index contributed by atoms with van der Waals surface area (Å²) < 4.78 is 29.7. The third-order valence-corrected chi connectivity index (χ3v) is 5.99. The Morgan fingerprint density at radius 3 is 2.33 bits per heavy atom. The maximum atomic E-state index is 13.3. The van der Waals surface area contributed by atoms with E-state index in [0.717, 1.165) is 22.2 Å². The molecule has 0 spiro atoms. The van der Waals surface area contributed by atoms with E-state index in [1.807, 2.05) is 74.5 Å². The zero-order valence-corrected chi connectivity index (χ0v) is 18.0. The molecule has 160 valence electrons. The summed E-state index contributed by atoms with van der Waals surface area (Å²) in [5.74, 6) is -0.784. The van der Waals surface area contributed by atoms with Crippen LogP contribution in [-0.4, -0.2) is 48.7 Å². The fraction of sp³-hybridized carbons (Fsp3) is 0.435. The number of fused-ring (bicyclic) bond motifs is 1. The van der Waals surface area contributed by atoms with Crippen molar-refractivity contribution in [1.29, 1.82) is 0 Å². The van der Waals surface area contributed by atoms with Crippen molar-refractivity contribution in [3.8, 4) is 0 Å². The molecule has 0 saturated carbocycles. The highest BCUT2D eigenvalue weighted by atomic mass is 32.2. The molecule has 0 bridgehead atoms. The first-order valence-electron chi connectivity index (χ1n) is 9.93. The minimum atomic E-state index is -0.847. The molecule has 0 radical (unpaired) electrons. The summed E-state index contributed by atoms with van der Waals surface area (Å²) in [5, 5.41) is -0.147. The molecule has 2 fully saturated rings. The Hall–Kier alpha value is -1.74. The molecule has 2 saturated heterocycles. The average molecular weight is 431 g/mol. The molecule has 2 aliphatic heterocycles. The van der Waals surface area contributed by atoms with Crippen LogP contribution in [0.15, 0.2) is 65.6 Å². The van der Waals surface area contributed by atoms with Crippen LogP contribution in [0.1, 0.15) is 19.4 Å². The molecule has 2 aliphatic rings. The first kappa shape index (κ1) is 21.5. The summed E-state index contributed by atoms with van der Waals surface area (Å²) in [6.45, 7) is 3.97. The summed E-state index contributed by atoms with van der Waals surface area (Å²) in [7, 11) is 1.55. The van der Waals surface area contributed by atoms with Crippen molar-refractivity contribution in [2.24, 2.45) is 0 Å². The summed E-state index contributed by atoms with van der Waals surface area (Å²) in [6, 6.07) is 19.2. The molecule has 0 unspecified atom stereocenters. The highest BCUT2D eigenvalue weighted by molar-refractivity contribution is 8.13. The van der Waals surface area contributed by atoms with E-state index in [2.05, 4.69) is 0 Å². The van der Waals surface area contributed by atoms with Crippen molar-refractivity contribution in [3.63, 3.8) is 0 Å². The van der Waals surface area contributed by atoms with E-state index in [1.54, 1.807) is 7.11 Å². The predicted octanol–water partition coefficient (Wildman–Crippen LogP) is 3.78. The average Bonchev–Trinajstić information content (AvgIpc) is 3.23. The van der Waals surface area contributed by atoms with Crippen LogP contribution in [-0.2, 0) is 35.1 Å². The molecular formula is C23H26O6S. The second-order valence-corrected chi connectivity index (χ2v) is 8.80. The van der Waals surface area contributed by atoms with Crippen LogP contribution < -0.4 is 0 Å². The quantitative estimate of drug-likeness (QED) is 0.620. The molecule has 0 aromatic heterocycles. The summed E-state index contributed by atoms with van der Waals surface area (Å²) >= 11 is 1.14. The van der Waals surface area contributed by atoms with E-state index >= 15 is 0 Å². The van der Waals surface area contributed by atoms with Crippen LogP contribution in [0.5, 0.6) is 0 Å². The van der Waals surface area contributed by atoms with E-state index in [9.17, 15) is 4.79 Å². The number of carbonyl (C=O) groups excluding carboxylic acids is 1. The van der Waals surface area contributed by atoms with Crippen LogP contribution in [0.25, 0.3) is 0 Å². The predicted molar refractivity (Wildman–Crippen MR) is 112 cm³/mol. The number of benzene rings is 2. The van der Waals surface area contributed by atoms with Crippen LogP contribution in [0, 0.1) is 0 Å². The van der Waals surface area contributed by atoms with Gasteiger partial charge < -0.3 is 23.7 Å². The summed E-state index contributed by atoms with van der Waals surface area (Å²) in [4.78, 5) is 14.1. The topological polar surface area (TPSA) is 63.2 Å². The zero-order chi connectivity index (χ0) is 21.1. The van der Waals surface area contributed by atoms with Crippen molar-refractivity contribution in [1.82, 2.24) is 0 Å². The van der Waals surface area contributed by atoms with E-state index < -0.39 is 36.5 Å². The van der Waals surface area contributed by atoms with Gasteiger partial charge in [-0.1, -0.05) is 48.5 Å². The van der Waals surface area contributed by atoms with Gasteiger partial charge in [-0.3, -0.25) is 4.79 Å². The van der Waals surface area contributed by atoms with Gasteiger partial charge in [0.05, 0.1) is 6.61 Å². The first-order chi connectivity index (χ1) is 14.5. The van der Waals surface area contributed by atoms with Crippen LogP contribution in [0.4, 0.5) is 0 Å². The molecule has 30 heavy (non-hydrogen) atoms. The highest BCUT2D eigenvalue weighted by Crippen LogP contribution is 2.41. The molecule has 2 aromatic rings. The first-order valence-corrected chi connectivity index (χ1v) is 10.7. The van der Waals surface area contributed by atoms with Gasteiger partial charge in [0, 0.05) is 12.0 Å². The lowest BCUT2D eigenvalue weighted by Gasteiger charge is -2.28. The standard InChI is InChI=1S/C23H26O6S/c1-23(2)28-18-17(27-22(25-3)20(18)29-23)19(26-14-15-10-6-4-7-11-15)21(24)30-16-12-8-5-9-13-16/h4-13,17-20,22H,14H2,1-3H3/t17-,18+,19-,20+,22+/m0/s1. The van der Waals surface area contributed by atoms with E-state index in [1.165, 1.54) is 0 Å². The van der Waals surface area contributed by atoms with Crippen molar-refractivity contribution in [2.75, 3.05) is 7.11 Å². The van der Waals surface area contributed by atoms with Gasteiger partial charge in [0.15, 0.2) is 18.2 Å². The Kier molecular flexibility index (Phi) is 6.57. The molecule has 2 aromatic carbocycles. The third-order valence-electron chi connectivity index (χ3n) is 5.04. The van der Waals surface area contributed by atoms with Crippen molar-refractivity contribution < 1.29 is 28.5 Å². The maximum Gasteiger partial charge on any atom is 0.225 e. The second-order valence-electron chi connectivity index (χ2n) is 7.72. The van der Waals surface area contributed by atoms with Gasteiger partial charge in [-0.15, -0.1) is 0 Å². The maximum absolute atomic E-state index is 13.3. The number of methoxy groups -OCH3 is 1. The molecule has 4 rings (SSSR count). The SMILES string of the molecule is CO[C@@H]1O[C@H]([C@H](OCc2ccccc2)C(=O)Sc2ccccc2)[C@H]2OC(C)(C)O[C@@H]12. The number of carbonyl (C=O) groups is 1. The normalized spacial score (nSPS) is 28.2. The zero-order valence-electron chi connectivity index (χ0n) is 17.2. The number of hydrogen-bond donors (Lipinski definition) is 0. The lowest BCUT2D eigenvalue weighted by atomic mass is 10.1. The molecule has 2 heterocycles. The summed E-state index contributed by atoms with van der Waals surface area (Å²) in [5.41, 5.74) is 0.974. The molecule has 0 N–H and O–H groups in total.